The van der Waals surface area contributed by atoms with E-state index in [1.807, 2.05) is 30.3 Å². The van der Waals surface area contributed by atoms with Crippen molar-refractivity contribution in [2.45, 2.75) is 44.3 Å². The van der Waals surface area contributed by atoms with Gasteiger partial charge in [-0.05, 0) is 24.3 Å². The Labute approximate surface area is 148 Å². The third-order valence-electron chi connectivity index (χ3n) is 4.20. The highest BCUT2D eigenvalue weighted by Gasteiger charge is 2.40. The number of alkyl carbamates (subject to hydrolysis) is 1. The number of Topliss-reactive ketones (excluding diaryl/α,β-unsaturated/α-hetero) is 1. The van der Waals surface area contributed by atoms with Crippen LogP contribution in [-0.2, 0) is 16.1 Å². The van der Waals surface area contributed by atoms with Crippen molar-refractivity contribution in [1.82, 2.24) is 5.32 Å². The van der Waals surface area contributed by atoms with Gasteiger partial charge in [0, 0.05) is 12.8 Å². The van der Waals surface area contributed by atoms with Crippen LogP contribution in [0.2, 0.25) is 0 Å². The van der Waals surface area contributed by atoms with Gasteiger partial charge in [-0.3, -0.25) is 4.79 Å². The van der Waals surface area contributed by atoms with Crippen molar-refractivity contribution < 1.29 is 23.1 Å². The highest BCUT2D eigenvalue weighted by atomic mass is 79.9. The largest absolute Gasteiger partial charge is 0.445 e. The van der Waals surface area contributed by atoms with E-state index < -0.39 is 18.1 Å². The fourth-order valence-corrected chi connectivity index (χ4v) is 3.18. The molecular formula is C17H20BrF2NO3. The van der Waals surface area contributed by atoms with Crippen LogP contribution in [0.25, 0.3) is 0 Å². The maximum absolute atomic E-state index is 13.3. The fraction of sp³-hybridized carbons (Fsp3) is 0.529. The van der Waals surface area contributed by atoms with Crippen molar-refractivity contribution in [3.8, 4) is 0 Å². The van der Waals surface area contributed by atoms with Gasteiger partial charge >= 0.3 is 6.09 Å². The Kier molecular flexibility index (Phi) is 6.71. The minimum absolute atomic E-state index is 0.0591. The van der Waals surface area contributed by atoms with Crippen LogP contribution in [0.1, 0.15) is 31.2 Å². The summed E-state index contributed by atoms with van der Waals surface area (Å²) in [7, 11) is 0. The lowest BCUT2D eigenvalue weighted by atomic mass is 9.81. The molecule has 1 atom stereocenters. The minimum Gasteiger partial charge on any atom is -0.445 e. The molecule has 2 rings (SSSR count). The van der Waals surface area contributed by atoms with Crippen molar-refractivity contribution in [3.05, 3.63) is 35.9 Å². The van der Waals surface area contributed by atoms with Crippen LogP contribution in [0.3, 0.4) is 0 Å². The molecule has 1 saturated carbocycles. The molecular weight excluding hydrogens is 384 g/mol. The number of alkyl halides is 3. The Hall–Kier alpha value is -1.50. The van der Waals surface area contributed by atoms with Gasteiger partial charge in [-0.15, -0.1) is 0 Å². The normalized spacial score (nSPS) is 18.6. The van der Waals surface area contributed by atoms with Gasteiger partial charge in [0.1, 0.15) is 6.61 Å². The molecule has 1 fully saturated rings. The Bertz CT molecular complexity index is 558. The van der Waals surface area contributed by atoms with E-state index in [-0.39, 0.29) is 49.3 Å². The molecule has 1 unspecified atom stereocenters. The molecule has 0 spiro atoms. The number of hydrogen-bond donors (Lipinski definition) is 1. The molecule has 1 aliphatic carbocycles. The molecule has 132 valence electrons. The molecule has 1 aliphatic rings. The monoisotopic (exact) mass is 403 g/mol. The predicted molar refractivity (Wildman–Crippen MR) is 89.3 cm³/mol. The molecule has 0 saturated heterocycles. The summed E-state index contributed by atoms with van der Waals surface area (Å²) in [5, 5.41) is 2.61. The molecule has 1 aromatic carbocycles. The Morgan fingerprint density at radius 3 is 2.46 bits per heavy atom. The van der Waals surface area contributed by atoms with E-state index in [1.54, 1.807) is 0 Å². The van der Waals surface area contributed by atoms with Gasteiger partial charge in [-0.2, -0.15) is 0 Å². The number of amides is 1. The SMILES string of the molecule is O=C(NC(C(=O)CBr)C1CCC(F)(F)CC1)OCc1ccccc1. The van der Waals surface area contributed by atoms with Crippen LogP contribution >= 0.6 is 15.9 Å². The minimum atomic E-state index is -2.67. The van der Waals surface area contributed by atoms with E-state index in [2.05, 4.69) is 21.2 Å². The summed E-state index contributed by atoms with van der Waals surface area (Å²) in [5.41, 5.74) is 0.827. The Morgan fingerprint density at radius 1 is 1.25 bits per heavy atom. The van der Waals surface area contributed by atoms with Crippen LogP contribution in [0.5, 0.6) is 0 Å². The van der Waals surface area contributed by atoms with Gasteiger partial charge < -0.3 is 10.1 Å². The molecule has 7 heteroatoms. The number of benzene rings is 1. The molecule has 4 nitrogen and oxygen atoms in total. The zero-order chi connectivity index (χ0) is 17.6. The van der Waals surface area contributed by atoms with Crippen molar-refractivity contribution >= 4 is 27.8 Å². The van der Waals surface area contributed by atoms with Gasteiger partial charge in [0.25, 0.3) is 0 Å². The molecule has 24 heavy (non-hydrogen) atoms. The van der Waals surface area contributed by atoms with E-state index >= 15 is 0 Å². The number of hydrogen-bond acceptors (Lipinski definition) is 3. The number of carbonyl (C=O) groups is 2. The highest BCUT2D eigenvalue weighted by Crippen LogP contribution is 2.37. The third kappa shape index (κ3) is 5.54. The topological polar surface area (TPSA) is 55.4 Å². The molecule has 0 aromatic heterocycles. The summed E-state index contributed by atoms with van der Waals surface area (Å²) in [6.45, 7) is 0.0879. The van der Waals surface area contributed by atoms with Gasteiger partial charge in [0.05, 0.1) is 11.4 Å². The van der Waals surface area contributed by atoms with E-state index in [0.717, 1.165) is 5.56 Å². The lowest BCUT2D eigenvalue weighted by Gasteiger charge is -2.33. The second kappa shape index (κ2) is 8.55. The van der Waals surface area contributed by atoms with E-state index in [1.165, 1.54) is 0 Å². The molecule has 0 radical (unpaired) electrons. The second-order valence-corrected chi connectivity index (χ2v) is 6.54. The number of carbonyl (C=O) groups excluding carboxylic acids is 2. The zero-order valence-electron chi connectivity index (χ0n) is 13.1. The summed E-state index contributed by atoms with van der Waals surface area (Å²) < 4.78 is 31.7. The number of ether oxygens (including phenoxy) is 1. The summed E-state index contributed by atoms with van der Waals surface area (Å²) in [6.07, 6.45) is -0.824. The first-order valence-electron chi connectivity index (χ1n) is 7.85. The first-order valence-corrected chi connectivity index (χ1v) is 8.97. The average molecular weight is 404 g/mol. The lowest BCUT2D eigenvalue weighted by Crippen LogP contribution is -2.48. The number of nitrogens with one attached hydrogen (secondary N) is 1. The molecule has 0 heterocycles. The highest BCUT2D eigenvalue weighted by molar-refractivity contribution is 9.09. The quantitative estimate of drug-likeness (QED) is 0.728. The fourth-order valence-electron chi connectivity index (χ4n) is 2.83. The summed E-state index contributed by atoms with van der Waals surface area (Å²) in [4.78, 5) is 24.0. The molecule has 1 amide bonds. The maximum atomic E-state index is 13.3. The first kappa shape index (κ1) is 18.8. The number of ketones is 1. The zero-order valence-corrected chi connectivity index (χ0v) is 14.7. The van der Waals surface area contributed by atoms with Gasteiger partial charge in [0.2, 0.25) is 5.92 Å². The van der Waals surface area contributed by atoms with Crippen LogP contribution < -0.4 is 5.32 Å². The smallest absolute Gasteiger partial charge is 0.408 e. The van der Waals surface area contributed by atoms with Gasteiger partial charge in [0.15, 0.2) is 5.78 Å². The van der Waals surface area contributed by atoms with Crippen molar-refractivity contribution in [3.63, 3.8) is 0 Å². The summed E-state index contributed by atoms with van der Waals surface area (Å²) >= 11 is 3.08. The molecule has 0 aliphatic heterocycles. The van der Waals surface area contributed by atoms with E-state index in [0.29, 0.717) is 0 Å². The van der Waals surface area contributed by atoms with Crippen LogP contribution in [-0.4, -0.2) is 29.2 Å². The van der Waals surface area contributed by atoms with E-state index in [9.17, 15) is 18.4 Å². The van der Waals surface area contributed by atoms with E-state index in [4.69, 9.17) is 4.74 Å². The summed E-state index contributed by atoms with van der Waals surface area (Å²) in [6, 6.07) is 8.35. The first-order chi connectivity index (χ1) is 11.4. The number of rotatable bonds is 6. The third-order valence-corrected chi connectivity index (χ3v) is 4.75. The molecule has 0 bridgehead atoms. The average Bonchev–Trinajstić information content (AvgIpc) is 2.58. The van der Waals surface area contributed by atoms with Gasteiger partial charge in [-0.25, -0.2) is 13.6 Å². The van der Waals surface area contributed by atoms with Crippen molar-refractivity contribution in [1.29, 1.82) is 0 Å². The number of halogens is 3. The van der Waals surface area contributed by atoms with Gasteiger partial charge in [-0.1, -0.05) is 46.3 Å². The van der Waals surface area contributed by atoms with Crippen LogP contribution in [0.4, 0.5) is 13.6 Å². The van der Waals surface area contributed by atoms with Crippen LogP contribution in [0, 0.1) is 5.92 Å². The Morgan fingerprint density at radius 2 is 1.88 bits per heavy atom. The molecule has 1 aromatic rings. The van der Waals surface area contributed by atoms with Crippen LogP contribution in [0.15, 0.2) is 30.3 Å². The maximum Gasteiger partial charge on any atom is 0.408 e. The van der Waals surface area contributed by atoms with Crippen molar-refractivity contribution in [2.24, 2.45) is 5.92 Å². The summed E-state index contributed by atoms with van der Waals surface area (Å²) in [5.74, 6) is -3.20. The predicted octanol–water partition coefficient (Wildman–Crippen LogP) is 4.07. The molecule has 1 N–H and O–H groups in total. The van der Waals surface area contributed by atoms with Crippen molar-refractivity contribution in [2.75, 3.05) is 5.33 Å². The second-order valence-electron chi connectivity index (χ2n) is 5.98. The lowest BCUT2D eigenvalue weighted by molar-refractivity contribution is -0.121. The standard InChI is InChI=1S/C17H20BrF2NO3/c18-10-14(22)15(13-6-8-17(19,20)9-7-13)21-16(23)24-11-12-4-2-1-3-5-12/h1-5,13,15H,6-11H2,(H,21,23). The Balaban J connectivity index is 1.91.